The summed E-state index contributed by atoms with van der Waals surface area (Å²) in [4.78, 5) is 13.2. The third kappa shape index (κ3) is 3.37. The summed E-state index contributed by atoms with van der Waals surface area (Å²) in [5.41, 5.74) is 0. The summed E-state index contributed by atoms with van der Waals surface area (Å²) in [7, 11) is 6.39. The average molecular weight is 247 g/mol. The lowest BCUT2D eigenvalue weighted by Gasteiger charge is -2.35. The Balaban J connectivity index is 2.68. The summed E-state index contributed by atoms with van der Waals surface area (Å²) < 4.78 is 0.865. The molecule has 4 nitrogen and oxygen atoms in total. The largest absolute Gasteiger partial charge is 0.480 e. The maximum atomic E-state index is 11.2. The fourth-order valence-corrected chi connectivity index (χ4v) is 3.14. The van der Waals surface area contributed by atoms with Gasteiger partial charge in [-0.15, -0.1) is 11.8 Å². The van der Waals surface area contributed by atoms with Crippen LogP contribution in [0.25, 0.3) is 0 Å². The minimum atomic E-state index is -0.695. The van der Waals surface area contributed by atoms with E-state index in [4.69, 9.17) is 0 Å². The van der Waals surface area contributed by atoms with Gasteiger partial charge in [-0.3, -0.25) is 9.69 Å². The standard InChI is InChI=1S/C11H22N2O2S/c1-11(2)12(6-7-13(3,4)5)9(8-16-11)10(14)15/h9H,6-8H2,1-5H3/p+1. The first-order valence-electron chi connectivity index (χ1n) is 5.57. The molecule has 0 amide bonds. The number of nitrogens with zero attached hydrogens (tertiary/aromatic N) is 2. The molecule has 5 heteroatoms. The van der Waals surface area contributed by atoms with Crippen LogP contribution >= 0.6 is 11.8 Å². The van der Waals surface area contributed by atoms with Crippen molar-refractivity contribution in [3.63, 3.8) is 0 Å². The highest BCUT2D eigenvalue weighted by molar-refractivity contribution is 8.00. The summed E-state index contributed by atoms with van der Waals surface area (Å²) >= 11 is 1.73. The minimum absolute atomic E-state index is 0.0573. The first-order valence-corrected chi connectivity index (χ1v) is 6.56. The van der Waals surface area contributed by atoms with E-state index in [9.17, 15) is 9.90 Å². The summed E-state index contributed by atoms with van der Waals surface area (Å²) in [6, 6.07) is -0.327. The van der Waals surface area contributed by atoms with Crippen LogP contribution in [0, 0.1) is 0 Å². The SMILES string of the molecule is CC1(C)SCC(C(=O)O)N1CC[N+](C)(C)C. The third-order valence-electron chi connectivity index (χ3n) is 2.96. The molecule has 0 aromatic heterocycles. The Bertz CT molecular complexity index is 274. The fourth-order valence-electron chi connectivity index (χ4n) is 1.87. The number of rotatable bonds is 4. The Morgan fingerprint density at radius 2 is 2.06 bits per heavy atom. The topological polar surface area (TPSA) is 40.5 Å². The van der Waals surface area contributed by atoms with Crippen molar-refractivity contribution in [2.45, 2.75) is 24.8 Å². The number of hydrogen-bond acceptors (Lipinski definition) is 3. The number of aliphatic carboxylic acids is 1. The zero-order valence-corrected chi connectivity index (χ0v) is 11.7. The van der Waals surface area contributed by atoms with Crippen molar-refractivity contribution in [3.05, 3.63) is 0 Å². The predicted octanol–water partition coefficient (Wildman–Crippen LogP) is 0.931. The fraction of sp³-hybridized carbons (Fsp3) is 0.909. The lowest BCUT2D eigenvalue weighted by atomic mass is 10.2. The summed E-state index contributed by atoms with van der Waals surface area (Å²) in [5, 5.41) is 9.19. The Kier molecular flexibility index (Phi) is 3.92. The van der Waals surface area contributed by atoms with Crippen molar-refractivity contribution in [1.29, 1.82) is 0 Å². The third-order valence-corrected chi connectivity index (χ3v) is 4.38. The second kappa shape index (κ2) is 4.55. The molecule has 0 bridgehead atoms. The zero-order valence-electron chi connectivity index (χ0n) is 10.9. The highest BCUT2D eigenvalue weighted by Gasteiger charge is 2.43. The number of quaternary nitrogens is 1. The maximum Gasteiger partial charge on any atom is 0.321 e. The number of likely N-dealkylation sites (N-methyl/N-ethyl adjacent to an activating group) is 1. The van der Waals surface area contributed by atoms with Crippen LogP contribution < -0.4 is 0 Å². The molecule has 94 valence electrons. The van der Waals surface area contributed by atoms with Crippen molar-refractivity contribution in [2.75, 3.05) is 40.0 Å². The molecule has 1 fully saturated rings. The van der Waals surface area contributed by atoms with Crippen molar-refractivity contribution in [3.8, 4) is 0 Å². The van der Waals surface area contributed by atoms with E-state index < -0.39 is 5.97 Å². The van der Waals surface area contributed by atoms with Gasteiger partial charge in [-0.1, -0.05) is 0 Å². The van der Waals surface area contributed by atoms with Crippen molar-refractivity contribution >= 4 is 17.7 Å². The van der Waals surface area contributed by atoms with E-state index in [1.165, 1.54) is 0 Å². The van der Waals surface area contributed by atoms with E-state index in [2.05, 4.69) is 39.9 Å². The lowest BCUT2D eigenvalue weighted by molar-refractivity contribution is -0.869. The van der Waals surface area contributed by atoms with Gasteiger partial charge in [0.1, 0.15) is 6.04 Å². The Hall–Kier alpha value is -0.260. The van der Waals surface area contributed by atoms with E-state index in [1.807, 2.05) is 0 Å². The van der Waals surface area contributed by atoms with E-state index >= 15 is 0 Å². The number of carboxylic acid groups (broad SMARTS) is 1. The zero-order chi connectivity index (χ0) is 12.6. The molecular formula is C11H23N2O2S+. The monoisotopic (exact) mass is 247 g/mol. The van der Waals surface area contributed by atoms with Gasteiger partial charge in [0, 0.05) is 12.3 Å². The molecule has 1 unspecified atom stereocenters. The van der Waals surface area contributed by atoms with Gasteiger partial charge in [-0.05, 0) is 13.8 Å². The van der Waals surface area contributed by atoms with Crippen LogP contribution in [-0.2, 0) is 4.79 Å². The van der Waals surface area contributed by atoms with Crippen LogP contribution in [0.2, 0.25) is 0 Å². The van der Waals surface area contributed by atoms with Gasteiger partial charge in [0.25, 0.3) is 0 Å². The van der Waals surface area contributed by atoms with Gasteiger partial charge >= 0.3 is 5.97 Å². The van der Waals surface area contributed by atoms with Crippen LogP contribution in [0.3, 0.4) is 0 Å². The van der Waals surface area contributed by atoms with Gasteiger partial charge < -0.3 is 9.59 Å². The number of thioether (sulfide) groups is 1. The van der Waals surface area contributed by atoms with Crippen LogP contribution in [0.5, 0.6) is 0 Å². The molecule has 1 rings (SSSR count). The summed E-state index contributed by atoms with van der Waals surface area (Å²) in [6.07, 6.45) is 0. The van der Waals surface area contributed by atoms with E-state index in [-0.39, 0.29) is 10.9 Å². The molecule has 1 saturated heterocycles. The molecule has 0 aromatic rings. The van der Waals surface area contributed by atoms with Crippen LogP contribution in [0.4, 0.5) is 0 Å². The van der Waals surface area contributed by atoms with Crippen LogP contribution in [0.1, 0.15) is 13.8 Å². The van der Waals surface area contributed by atoms with Gasteiger partial charge in [0.2, 0.25) is 0 Å². The summed E-state index contributed by atoms with van der Waals surface area (Å²) in [5.74, 6) is -0.000997. The maximum absolute atomic E-state index is 11.2. The molecule has 0 saturated carbocycles. The quantitative estimate of drug-likeness (QED) is 0.750. The summed E-state index contributed by atoms with van der Waals surface area (Å²) in [6.45, 7) is 6.01. The second-order valence-corrected chi connectivity index (χ2v) is 7.44. The molecule has 0 aromatic carbocycles. The molecule has 0 aliphatic carbocycles. The van der Waals surface area contributed by atoms with Crippen molar-refractivity contribution < 1.29 is 14.4 Å². The van der Waals surface area contributed by atoms with Gasteiger partial charge in [0.15, 0.2) is 0 Å². The Labute approximate surface area is 102 Å². The number of carboxylic acids is 1. The molecular weight excluding hydrogens is 224 g/mol. The van der Waals surface area contributed by atoms with E-state index in [0.29, 0.717) is 5.75 Å². The molecule has 0 radical (unpaired) electrons. The first-order chi connectivity index (χ1) is 7.13. The van der Waals surface area contributed by atoms with Crippen molar-refractivity contribution in [1.82, 2.24) is 4.90 Å². The molecule has 1 N–H and O–H groups in total. The van der Waals surface area contributed by atoms with Gasteiger partial charge in [-0.2, -0.15) is 0 Å². The number of hydrogen-bond donors (Lipinski definition) is 1. The van der Waals surface area contributed by atoms with Crippen molar-refractivity contribution in [2.24, 2.45) is 0 Å². The minimum Gasteiger partial charge on any atom is -0.480 e. The van der Waals surface area contributed by atoms with E-state index in [0.717, 1.165) is 17.6 Å². The lowest BCUT2D eigenvalue weighted by Crippen LogP contribution is -2.51. The molecule has 16 heavy (non-hydrogen) atoms. The highest BCUT2D eigenvalue weighted by atomic mass is 32.2. The molecule has 0 spiro atoms. The smallest absolute Gasteiger partial charge is 0.321 e. The van der Waals surface area contributed by atoms with Crippen LogP contribution in [0.15, 0.2) is 0 Å². The molecule has 1 atom stereocenters. The molecule has 1 aliphatic heterocycles. The Morgan fingerprint density at radius 3 is 2.50 bits per heavy atom. The molecule has 1 aliphatic rings. The highest BCUT2D eigenvalue weighted by Crippen LogP contribution is 2.38. The molecule has 1 heterocycles. The second-order valence-electron chi connectivity index (χ2n) is 5.82. The Morgan fingerprint density at radius 1 is 1.50 bits per heavy atom. The number of carbonyl (C=O) groups is 1. The average Bonchev–Trinajstić information content (AvgIpc) is 2.36. The van der Waals surface area contributed by atoms with Gasteiger partial charge in [0.05, 0.1) is 32.6 Å². The predicted molar refractivity (Wildman–Crippen MR) is 67.6 cm³/mol. The van der Waals surface area contributed by atoms with Crippen LogP contribution in [-0.4, -0.2) is 71.4 Å². The van der Waals surface area contributed by atoms with Gasteiger partial charge in [-0.25, -0.2) is 0 Å². The first kappa shape index (κ1) is 13.8. The normalized spacial score (nSPS) is 25.9. The van der Waals surface area contributed by atoms with E-state index in [1.54, 1.807) is 11.8 Å².